The Hall–Kier alpha value is -2.17. The number of nitrogens with zero attached hydrogens (tertiary/aromatic N) is 3. The molecule has 5 heteroatoms. The number of carbonyl (C=O) groups is 1. The van der Waals surface area contributed by atoms with E-state index in [0.29, 0.717) is 5.39 Å². The lowest BCUT2D eigenvalue weighted by molar-refractivity contribution is -0.132. The van der Waals surface area contributed by atoms with Gasteiger partial charge in [0.25, 0.3) is 5.56 Å². The number of amides is 1. The van der Waals surface area contributed by atoms with Gasteiger partial charge in [0.15, 0.2) is 0 Å². The lowest BCUT2D eigenvalue weighted by Gasteiger charge is -2.24. The number of rotatable bonds is 2. The van der Waals surface area contributed by atoms with Crippen LogP contribution in [-0.4, -0.2) is 33.7 Å². The maximum absolute atomic E-state index is 12.4. The maximum Gasteiger partial charge on any atom is 0.275 e. The minimum Gasteiger partial charge on any atom is -0.341 e. The van der Waals surface area contributed by atoms with Gasteiger partial charge in [-0.25, -0.2) is 4.68 Å². The van der Waals surface area contributed by atoms with E-state index in [1.54, 1.807) is 12.3 Å². The highest BCUT2D eigenvalue weighted by Gasteiger charge is 2.16. The number of aromatic nitrogens is 2. The molecule has 0 aliphatic carbocycles. The van der Waals surface area contributed by atoms with Gasteiger partial charge >= 0.3 is 0 Å². The molecular formula is C17H21N3O2. The first-order valence-corrected chi connectivity index (χ1v) is 7.98. The van der Waals surface area contributed by atoms with Crippen molar-refractivity contribution in [1.82, 2.24) is 14.7 Å². The van der Waals surface area contributed by atoms with Gasteiger partial charge in [0, 0.05) is 18.5 Å². The molecule has 1 aliphatic rings. The van der Waals surface area contributed by atoms with Crippen LogP contribution in [0, 0.1) is 0 Å². The van der Waals surface area contributed by atoms with Gasteiger partial charge in [0.1, 0.15) is 6.54 Å². The van der Waals surface area contributed by atoms with E-state index < -0.39 is 0 Å². The second-order valence-electron chi connectivity index (χ2n) is 5.84. The largest absolute Gasteiger partial charge is 0.341 e. The number of hydrogen-bond acceptors (Lipinski definition) is 3. The predicted octanol–water partition coefficient (Wildman–Crippen LogP) is 2.19. The van der Waals surface area contributed by atoms with E-state index in [0.717, 1.165) is 31.3 Å². The van der Waals surface area contributed by atoms with Gasteiger partial charge in [-0.2, -0.15) is 5.10 Å². The van der Waals surface area contributed by atoms with Crippen LogP contribution in [0.15, 0.2) is 35.3 Å². The molecule has 0 spiro atoms. The van der Waals surface area contributed by atoms with Crippen molar-refractivity contribution in [3.05, 3.63) is 40.8 Å². The van der Waals surface area contributed by atoms with Crippen molar-refractivity contribution in [2.45, 2.75) is 38.6 Å². The Morgan fingerprint density at radius 3 is 2.50 bits per heavy atom. The van der Waals surface area contributed by atoms with Gasteiger partial charge in [0.05, 0.1) is 11.6 Å². The third-order valence-electron chi connectivity index (χ3n) is 4.26. The summed E-state index contributed by atoms with van der Waals surface area (Å²) in [5, 5.41) is 5.56. The van der Waals surface area contributed by atoms with Gasteiger partial charge in [0.2, 0.25) is 5.91 Å². The van der Waals surface area contributed by atoms with Gasteiger partial charge in [-0.3, -0.25) is 9.59 Å². The molecule has 0 radical (unpaired) electrons. The molecule has 1 aromatic heterocycles. The van der Waals surface area contributed by atoms with Gasteiger partial charge in [-0.15, -0.1) is 0 Å². The normalized spacial score (nSPS) is 16.3. The number of carbonyl (C=O) groups excluding carboxylic acids is 1. The fourth-order valence-corrected chi connectivity index (χ4v) is 2.97. The smallest absolute Gasteiger partial charge is 0.275 e. The molecule has 2 heterocycles. The molecule has 116 valence electrons. The van der Waals surface area contributed by atoms with E-state index in [9.17, 15) is 9.59 Å². The van der Waals surface area contributed by atoms with Crippen LogP contribution in [0.2, 0.25) is 0 Å². The van der Waals surface area contributed by atoms with Crippen molar-refractivity contribution in [2.75, 3.05) is 13.1 Å². The molecule has 1 aromatic carbocycles. The van der Waals surface area contributed by atoms with Crippen LogP contribution < -0.4 is 5.56 Å². The van der Waals surface area contributed by atoms with Crippen LogP contribution in [-0.2, 0) is 11.3 Å². The van der Waals surface area contributed by atoms with E-state index >= 15 is 0 Å². The van der Waals surface area contributed by atoms with Crippen LogP contribution in [0.1, 0.15) is 32.1 Å². The molecule has 5 nitrogen and oxygen atoms in total. The highest BCUT2D eigenvalue weighted by atomic mass is 16.2. The molecule has 2 aromatic rings. The van der Waals surface area contributed by atoms with Crippen LogP contribution in [0.5, 0.6) is 0 Å². The molecule has 1 aliphatic heterocycles. The van der Waals surface area contributed by atoms with Crippen molar-refractivity contribution in [1.29, 1.82) is 0 Å². The topological polar surface area (TPSA) is 55.2 Å². The van der Waals surface area contributed by atoms with Crippen LogP contribution in [0.4, 0.5) is 0 Å². The molecule has 22 heavy (non-hydrogen) atoms. The lowest BCUT2D eigenvalue weighted by atomic mass is 10.1. The van der Waals surface area contributed by atoms with Crippen molar-refractivity contribution < 1.29 is 4.79 Å². The van der Waals surface area contributed by atoms with Crippen LogP contribution in [0.3, 0.4) is 0 Å². The zero-order valence-electron chi connectivity index (χ0n) is 12.7. The predicted molar refractivity (Wildman–Crippen MR) is 85.7 cm³/mol. The number of fused-ring (bicyclic) bond motifs is 1. The second-order valence-corrected chi connectivity index (χ2v) is 5.84. The Bertz CT molecular complexity index is 715. The number of hydrogen-bond donors (Lipinski definition) is 0. The summed E-state index contributed by atoms with van der Waals surface area (Å²) in [5.41, 5.74) is -0.196. The summed E-state index contributed by atoms with van der Waals surface area (Å²) >= 11 is 0. The summed E-state index contributed by atoms with van der Waals surface area (Å²) in [6, 6.07) is 7.33. The first-order valence-electron chi connectivity index (χ1n) is 7.98. The summed E-state index contributed by atoms with van der Waals surface area (Å²) in [4.78, 5) is 26.7. The van der Waals surface area contributed by atoms with E-state index in [-0.39, 0.29) is 18.0 Å². The van der Waals surface area contributed by atoms with Crippen LogP contribution >= 0.6 is 0 Å². The van der Waals surface area contributed by atoms with E-state index in [4.69, 9.17) is 0 Å². The molecule has 3 rings (SSSR count). The fraction of sp³-hybridized carbons (Fsp3) is 0.471. The van der Waals surface area contributed by atoms with Crippen molar-refractivity contribution in [3.8, 4) is 0 Å². The second kappa shape index (κ2) is 6.73. The molecule has 0 atom stereocenters. The average Bonchev–Trinajstić information content (AvgIpc) is 2.50. The van der Waals surface area contributed by atoms with E-state index in [1.165, 1.54) is 23.9 Å². The van der Waals surface area contributed by atoms with Gasteiger partial charge < -0.3 is 4.90 Å². The van der Waals surface area contributed by atoms with Gasteiger partial charge in [-0.05, 0) is 18.9 Å². The molecule has 0 N–H and O–H groups in total. The molecule has 0 unspecified atom stereocenters. The minimum absolute atomic E-state index is 0.00761. The van der Waals surface area contributed by atoms with E-state index in [2.05, 4.69) is 5.10 Å². The Labute approximate surface area is 129 Å². The summed E-state index contributed by atoms with van der Waals surface area (Å²) in [5.74, 6) is -0.00761. The number of benzene rings is 1. The Morgan fingerprint density at radius 1 is 1.05 bits per heavy atom. The highest BCUT2D eigenvalue weighted by molar-refractivity contribution is 5.81. The first kappa shape index (κ1) is 14.8. The van der Waals surface area contributed by atoms with Crippen molar-refractivity contribution in [2.24, 2.45) is 0 Å². The molecular weight excluding hydrogens is 278 g/mol. The lowest BCUT2D eigenvalue weighted by Crippen LogP contribution is -2.39. The third-order valence-corrected chi connectivity index (χ3v) is 4.26. The average molecular weight is 299 g/mol. The zero-order valence-corrected chi connectivity index (χ0v) is 12.7. The standard InChI is InChI=1S/C17H21N3O2/c21-16(19-10-6-2-1-3-7-11-19)13-20-17(22)15-9-5-4-8-14(15)12-18-20/h4-5,8-9,12H,1-3,6-7,10-11,13H2. The molecule has 0 bridgehead atoms. The molecule has 1 saturated heterocycles. The minimum atomic E-state index is -0.196. The highest BCUT2D eigenvalue weighted by Crippen LogP contribution is 2.11. The quantitative estimate of drug-likeness (QED) is 0.854. The fourth-order valence-electron chi connectivity index (χ4n) is 2.97. The molecule has 0 saturated carbocycles. The third kappa shape index (κ3) is 3.18. The van der Waals surface area contributed by atoms with Crippen LogP contribution in [0.25, 0.3) is 10.8 Å². The monoisotopic (exact) mass is 299 g/mol. The first-order chi connectivity index (χ1) is 10.8. The summed E-state index contributed by atoms with van der Waals surface area (Å²) in [6.45, 7) is 1.62. The number of likely N-dealkylation sites (tertiary alicyclic amines) is 1. The van der Waals surface area contributed by atoms with Crippen molar-refractivity contribution >= 4 is 16.7 Å². The summed E-state index contributed by atoms with van der Waals surface area (Å²) in [7, 11) is 0. The summed E-state index contributed by atoms with van der Waals surface area (Å²) < 4.78 is 1.28. The zero-order chi connectivity index (χ0) is 15.4. The SMILES string of the molecule is O=C(Cn1ncc2ccccc2c1=O)N1CCCCCCC1. The Morgan fingerprint density at radius 2 is 1.73 bits per heavy atom. The maximum atomic E-state index is 12.4. The van der Waals surface area contributed by atoms with Gasteiger partial charge in [-0.1, -0.05) is 37.5 Å². The van der Waals surface area contributed by atoms with E-state index in [1.807, 2.05) is 23.1 Å². The Kier molecular flexibility index (Phi) is 4.51. The molecule has 1 fully saturated rings. The summed E-state index contributed by atoms with van der Waals surface area (Å²) in [6.07, 6.45) is 7.36. The Balaban J connectivity index is 1.78. The molecule has 1 amide bonds. The van der Waals surface area contributed by atoms with Crippen molar-refractivity contribution in [3.63, 3.8) is 0 Å².